The van der Waals surface area contributed by atoms with Gasteiger partial charge in [-0.1, -0.05) is 20.3 Å². The second-order valence-corrected chi connectivity index (χ2v) is 2.13. The van der Waals surface area contributed by atoms with Gasteiger partial charge >= 0.3 is 0 Å². The van der Waals surface area contributed by atoms with Crippen molar-refractivity contribution in [3.05, 3.63) is 0 Å². The first-order valence-corrected chi connectivity index (χ1v) is 3.01. The highest BCUT2D eigenvalue weighted by Gasteiger charge is 1.92. The summed E-state index contributed by atoms with van der Waals surface area (Å²) in [5.74, 6) is 0.727. The summed E-state index contributed by atoms with van der Waals surface area (Å²) < 4.78 is 0. The molecule has 0 fully saturated rings. The highest BCUT2D eigenvalue weighted by atomic mass is 14.5. The van der Waals surface area contributed by atoms with Gasteiger partial charge in [0.15, 0.2) is 0 Å². The van der Waals surface area contributed by atoms with E-state index in [0.29, 0.717) is 0 Å². The van der Waals surface area contributed by atoms with Crippen molar-refractivity contribution in [3.63, 3.8) is 0 Å². The maximum atomic E-state index is 5.36. The Morgan fingerprint density at radius 3 is 2.29 bits per heavy atom. The fourth-order valence-corrected chi connectivity index (χ4v) is 0.611. The zero-order valence-corrected chi connectivity index (χ0v) is 5.28. The van der Waals surface area contributed by atoms with E-state index in [0.717, 1.165) is 12.5 Å². The second-order valence-electron chi connectivity index (χ2n) is 2.13. The number of hydrogen-bond donors (Lipinski definition) is 1. The smallest absolute Gasteiger partial charge is 0.00515 e. The van der Waals surface area contributed by atoms with Gasteiger partial charge in [0.05, 0.1) is 0 Å². The van der Waals surface area contributed by atoms with Crippen molar-refractivity contribution >= 4 is 0 Å². The molecule has 0 spiro atoms. The molecule has 1 heteroatoms. The Morgan fingerprint density at radius 1 is 1.57 bits per heavy atom. The molecule has 1 nitrogen and oxygen atoms in total. The fourth-order valence-electron chi connectivity index (χ4n) is 0.611. The quantitative estimate of drug-likeness (QED) is 0.571. The van der Waals surface area contributed by atoms with Crippen molar-refractivity contribution in [3.8, 4) is 0 Å². The van der Waals surface area contributed by atoms with E-state index in [9.17, 15) is 0 Å². The predicted octanol–water partition coefficient (Wildman–Crippen LogP) is 1.38. The van der Waals surface area contributed by atoms with E-state index in [1.165, 1.54) is 12.8 Å². The maximum absolute atomic E-state index is 5.36. The number of nitrogens with two attached hydrogens (primary N) is 1. The normalized spacial score (nSPS) is 14.1. The van der Waals surface area contributed by atoms with Crippen LogP contribution >= 0.6 is 0 Å². The van der Waals surface area contributed by atoms with Crippen molar-refractivity contribution in [1.29, 1.82) is 0 Å². The highest BCUT2D eigenvalue weighted by Crippen LogP contribution is 2.00. The van der Waals surface area contributed by atoms with Gasteiger partial charge in [0.25, 0.3) is 0 Å². The molecule has 0 heterocycles. The Labute approximate surface area is 45.9 Å². The van der Waals surface area contributed by atoms with Crippen LogP contribution < -0.4 is 5.73 Å². The first-order valence-electron chi connectivity index (χ1n) is 3.01. The molecule has 0 saturated carbocycles. The Balaban J connectivity index is 2.83. The largest absolute Gasteiger partial charge is 0.330 e. The molecular weight excluding hydrogens is 86.1 g/mol. The first kappa shape index (κ1) is 6.96. The minimum atomic E-state index is 0.727. The fraction of sp³-hybridized carbons (Fsp3) is 1.00. The molecule has 0 radical (unpaired) electrons. The first-order chi connectivity index (χ1) is 3.31. The van der Waals surface area contributed by atoms with Gasteiger partial charge in [-0.2, -0.15) is 0 Å². The van der Waals surface area contributed by atoms with Gasteiger partial charge in [0.2, 0.25) is 0 Å². The highest BCUT2D eigenvalue weighted by molar-refractivity contribution is 4.49. The van der Waals surface area contributed by atoms with Crippen LogP contribution in [-0.2, 0) is 0 Å². The van der Waals surface area contributed by atoms with E-state index in [4.69, 9.17) is 5.73 Å². The van der Waals surface area contributed by atoms with E-state index in [1.54, 1.807) is 0 Å². The van der Waals surface area contributed by atoms with Gasteiger partial charge in [-0.25, -0.2) is 0 Å². The summed E-state index contributed by atoms with van der Waals surface area (Å²) in [4.78, 5) is 0. The predicted molar refractivity (Wildman–Crippen MR) is 33.1 cm³/mol. The minimum absolute atomic E-state index is 0.727. The van der Waals surface area contributed by atoms with Crippen molar-refractivity contribution in [1.82, 2.24) is 0 Å². The van der Waals surface area contributed by atoms with Gasteiger partial charge < -0.3 is 5.73 Å². The lowest BCUT2D eigenvalue weighted by Crippen LogP contribution is -2.09. The van der Waals surface area contributed by atoms with Crippen LogP contribution in [0, 0.1) is 5.92 Å². The molecule has 0 aliphatic carbocycles. The molecule has 0 aromatic rings. The van der Waals surface area contributed by atoms with Gasteiger partial charge in [-0.15, -0.1) is 0 Å². The Hall–Kier alpha value is -0.0400. The summed E-state index contributed by atoms with van der Waals surface area (Å²) in [5, 5.41) is 0. The average Bonchev–Trinajstić information content (AvgIpc) is 1.68. The van der Waals surface area contributed by atoms with Crippen molar-refractivity contribution < 1.29 is 0 Å². The SMILES string of the molecule is CCC[C@H](C)CN. The van der Waals surface area contributed by atoms with E-state index in [1.807, 2.05) is 0 Å². The van der Waals surface area contributed by atoms with Crippen LogP contribution in [0.25, 0.3) is 0 Å². The molecule has 0 aliphatic heterocycles. The van der Waals surface area contributed by atoms with Crippen LogP contribution in [-0.4, -0.2) is 6.54 Å². The molecule has 0 saturated heterocycles. The maximum Gasteiger partial charge on any atom is -0.00515 e. The van der Waals surface area contributed by atoms with E-state index in [2.05, 4.69) is 13.8 Å². The van der Waals surface area contributed by atoms with E-state index < -0.39 is 0 Å². The van der Waals surface area contributed by atoms with Gasteiger partial charge in [0.1, 0.15) is 0 Å². The van der Waals surface area contributed by atoms with Crippen molar-refractivity contribution in [2.45, 2.75) is 26.7 Å². The Bertz CT molecular complexity index is 35.2. The third-order valence-corrected chi connectivity index (χ3v) is 1.18. The summed E-state index contributed by atoms with van der Waals surface area (Å²) in [6.07, 6.45) is 2.54. The average molecular weight is 101 g/mol. The summed E-state index contributed by atoms with van der Waals surface area (Å²) in [5.41, 5.74) is 5.36. The second kappa shape index (κ2) is 4.13. The molecule has 1 atom stereocenters. The summed E-state index contributed by atoms with van der Waals surface area (Å²) in [6.45, 7) is 5.21. The van der Waals surface area contributed by atoms with Crippen LogP contribution in [0.1, 0.15) is 26.7 Å². The van der Waals surface area contributed by atoms with Crippen LogP contribution in [0.5, 0.6) is 0 Å². The van der Waals surface area contributed by atoms with Crippen LogP contribution in [0.15, 0.2) is 0 Å². The van der Waals surface area contributed by atoms with E-state index >= 15 is 0 Å². The third-order valence-electron chi connectivity index (χ3n) is 1.18. The van der Waals surface area contributed by atoms with Crippen LogP contribution in [0.3, 0.4) is 0 Å². The molecule has 0 rings (SSSR count). The molecule has 2 N–H and O–H groups in total. The number of hydrogen-bond acceptors (Lipinski definition) is 1. The molecule has 0 unspecified atom stereocenters. The van der Waals surface area contributed by atoms with Gasteiger partial charge in [0, 0.05) is 0 Å². The molecule has 0 aromatic carbocycles. The number of rotatable bonds is 3. The summed E-state index contributed by atoms with van der Waals surface area (Å²) in [6, 6.07) is 0. The molecule has 0 bridgehead atoms. The van der Waals surface area contributed by atoms with E-state index in [-0.39, 0.29) is 0 Å². The lowest BCUT2D eigenvalue weighted by Gasteiger charge is -2.02. The Morgan fingerprint density at radius 2 is 2.14 bits per heavy atom. The third kappa shape index (κ3) is 3.80. The zero-order valence-electron chi connectivity index (χ0n) is 5.28. The standard InChI is InChI=1S/C6H15N/c1-3-4-6(2)5-7/h6H,3-5,7H2,1-2H3/t6-/m0/s1. The van der Waals surface area contributed by atoms with Gasteiger partial charge in [-0.3, -0.25) is 0 Å². The lowest BCUT2D eigenvalue weighted by atomic mass is 10.1. The molecule has 0 aromatic heterocycles. The summed E-state index contributed by atoms with van der Waals surface area (Å²) in [7, 11) is 0. The summed E-state index contributed by atoms with van der Waals surface area (Å²) >= 11 is 0. The molecule has 44 valence electrons. The topological polar surface area (TPSA) is 26.0 Å². The molecule has 0 aliphatic rings. The minimum Gasteiger partial charge on any atom is -0.330 e. The molecule has 0 amide bonds. The zero-order chi connectivity index (χ0) is 5.70. The van der Waals surface area contributed by atoms with Crippen molar-refractivity contribution in [2.24, 2.45) is 11.7 Å². The lowest BCUT2D eigenvalue weighted by molar-refractivity contribution is 0.536. The monoisotopic (exact) mass is 101 g/mol. The van der Waals surface area contributed by atoms with Gasteiger partial charge in [-0.05, 0) is 18.9 Å². The Kier molecular flexibility index (Phi) is 4.10. The molecular formula is C6H15N. The molecule has 7 heavy (non-hydrogen) atoms. The van der Waals surface area contributed by atoms with Crippen molar-refractivity contribution in [2.75, 3.05) is 6.54 Å². The van der Waals surface area contributed by atoms with Crippen LogP contribution in [0.2, 0.25) is 0 Å². The van der Waals surface area contributed by atoms with Crippen LogP contribution in [0.4, 0.5) is 0 Å².